The van der Waals surface area contributed by atoms with E-state index in [9.17, 15) is 24.3 Å². The van der Waals surface area contributed by atoms with Crippen LogP contribution in [-0.4, -0.2) is 78.6 Å². The molecule has 3 amide bonds. The number of thioether (sulfide) groups is 1. The molecule has 0 aliphatic rings. The van der Waals surface area contributed by atoms with Crippen molar-refractivity contribution < 1.29 is 24.3 Å². The lowest BCUT2D eigenvalue weighted by molar-refractivity contribution is -0.142. The summed E-state index contributed by atoms with van der Waals surface area (Å²) in [5.74, 6) is -2.15. The summed E-state index contributed by atoms with van der Waals surface area (Å²) in [5.41, 5.74) is 16.6. The predicted octanol–water partition coefficient (Wildman–Crippen LogP) is -1.50. The molecule has 10 N–H and O–H groups in total. The van der Waals surface area contributed by atoms with Gasteiger partial charge in [0, 0.05) is 0 Å². The standard InChI is InChI=1S/C19H38N6O5S/c1-31-11-8-14(18(28)25-15(19(29)30)7-3-5-10-21)24-16(26)12-23-17(27)13(22)6-2-4-9-20/h13-15H,2-12,20-22H2,1H3,(H,23,27)(H,24,26)(H,25,28)(H,29,30). The smallest absolute Gasteiger partial charge is 0.326 e. The van der Waals surface area contributed by atoms with E-state index in [1.807, 2.05) is 6.26 Å². The van der Waals surface area contributed by atoms with Crippen LogP contribution >= 0.6 is 11.8 Å². The monoisotopic (exact) mass is 462 g/mol. The molecule has 12 heteroatoms. The van der Waals surface area contributed by atoms with E-state index < -0.39 is 41.8 Å². The van der Waals surface area contributed by atoms with E-state index in [1.54, 1.807) is 0 Å². The van der Waals surface area contributed by atoms with Gasteiger partial charge in [-0.3, -0.25) is 14.4 Å². The van der Waals surface area contributed by atoms with Gasteiger partial charge in [0.25, 0.3) is 0 Å². The molecule has 0 heterocycles. The van der Waals surface area contributed by atoms with Gasteiger partial charge in [0.15, 0.2) is 0 Å². The second kappa shape index (κ2) is 17.8. The third-order valence-electron chi connectivity index (χ3n) is 4.55. The normalized spacial score (nSPS) is 13.7. The zero-order valence-corrected chi connectivity index (χ0v) is 19.0. The van der Waals surface area contributed by atoms with Gasteiger partial charge in [-0.2, -0.15) is 11.8 Å². The van der Waals surface area contributed by atoms with E-state index in [0.29, 0.717) is 50.9 Å². The molecule has 0 aromatic rings. The van der Waals surface area contributed by atoms with E-state index in [-0.39, 0.29) is 13.0 Å². The van der Waals surface area contributed by atoms with Gasteiger partial charge in [-0.15, -0.1) is 0 Å². The number of nitrogens with two attached hydrogens (primary N) is 3. The van der Waals surface area contributed by atoms with Gasteiger partial charge in [-0.05, 0) is 63.6 Å². The molecule has 31 heavy (non-hydrogen) atoms. The first kappa shape index (κ1) is 29.1. The molecular weight excluding hydrogens is 424 g/mol. The number of hydrogen-bond donors (Lipinski definition) is 7. The number of carboxylic acids is 1. The Hall–Kier alpha value is -1.89. The highest BCUT2D eigenvalue weighted by atomic mass is 32.2. The molecule has 3 unspecified atom stereocenters. The number of carboxylic acid groups (broad SMARTS) is 1. The maximum absolute atomic E-state index is 12.6. The summed E-state index contributed by atoms with van der Waals surface area (Å²) >= 11 is 1.49. The minimum atomic E-state index is -1.14. The van der Waals surface area contributed by atoms with Crippen LogP contribution in [-0.2, 0) is 19.2 Å². The Morgan fingerprint density at radius 2 is 1.48 bits per heavy atom. The summed E-state index contributed by atoms with van der Waals surface area (Å²) in [4.78, 5) is 48.2. The van der Waals surface area contributed by atoms with Crippen LogP contribution in [0.1, 0.15) is 44.9 Å². The number of aliphatic carboxylic acids is 1. The first-order valence-electron chi connectivity index (χ1n) is 10.5. The molecule has 0 aromatic carbocycles. The van der Waals surface area contributed by atoms with Gasteiger partial charge in [-0.25, -0.2) is 4.79 Å². The Bertz CT molecular complexity index is 566. The van der Waals surface area contributed by atoms with Gasteiger partial charge in [-0.1, -0.05) is 6.42 Å². The maximum atomic E-state index is 12.6. The highest BCUT2D eigenvalue weighted by Crippen LogP contribution is 2.05. The fraction of sp³-hybridized carbons (Fsp3) is 0.789. The van der Waals surface area contributed by atoms with Crippen molar-refractivity contribution in [3.05, 3.63) is 0 Å². The second-order valence-electron chi connectivity index (χ2n) is 7.19. The average molecular weight is 463 g/mol. The number of amides is 3. The number of hydrogen-bond acceptors (Lipinski definition) is 8. The van der Waals surface area contributed by atoms with Crippen LogP contribution in [0.2, 0.25) is 0 Å². The minimum absolute atomic E-state index is 0.250. The molecule has 11 nitrogen and oxygen atoms in total. The van der Waals surface area contributed by atoms with Gasteiger partial charge in [0.1, 0.15) is 12.1 Å². The van der Waals surface area contributed by atoms with Gasteiger partial charge >= 0.3 is 5.97 Å². The molecule has 0 rings (SSSR count). The highest BCUT2D eigenvalue weighted by molar-refractivity contribution is 7.98. The molecule has 0 aliphatic carbocycles. The molecule has 0 saturated carbocycles. The second-order valence-corrected chi connectivity index (χ2v) is 8.18. The van der Waals surface area contributed by atoms with Crippen LogP contribution in [0.3, 0.4) is 0 Å². The van der Waals surface area contributed by atoms with Crippen LogP contribution in [0.5, 0.6) is 0 Å². The number of carbonyl (C=O) groups is 4. The van der Waals surface area contributed by atoms with Crippen LogP contribution in [0.15, 0.2) is 0 Å². The van der Waals surface area contributed by atoms with Crippen LogP contribution in [0.4, 0.5) is 0 Å². The number of unbranched alkanes of at least 4 members (excludes halogenated alkanes) is 2. The first-order valence-corrected chi connectivity index (χ1v) is 11.9. The van der Waals surface area contributed by atoms with E-state index in [0.717, 1.165) is 6.42 Å². The van der Waals surface area contributed by atoms with Crippen LogP contribution < -0.4 is 33.2 Å². The third-order valence-corrected chi connectivity index (χ3v) is 5.20. The number of nitrogens with one attached hydrogen (secondary N) is 3. The molecule has 0 radical (unpaired) electrons. The molecular formula is C19H38N6O5S. The van der Waals surface area contributed by atoms with Crippen molar-refractivity contribution in [2.24, 2.45) is 17.2 Å². The van der Waals surface area contributed by atoms with Crippen molar-refractivity contribution in [1.29, 1.82) is 0 Å². The summed E-state index contributed by atoms with van der Waals surface area (Å²) in [6.07, 6.45) is 5.58. The van der Waals surface area contributed by atoms with Gasteiger partial charge in [0.05, 0.1) is 12.6 Å². The van der Waals surface area contributed by atoms with Crippen molar-refractivity contribution in [3.63, 3.8) is 0 Å². The topological polar surface area (TPSA) is 203 Å². The highest BCUT2D eigenvalue weighted by Gasteiger charge is 2.26. The third kappa shape index (κ3) is 13.9. The minimum Gasteiger partial charge on any atom is -0.480 e. The van der Waals surface area contributed by atoms with Crippen molar-refractivity contribution in [2.75, 3.05) is 31.6 Å². The van der Waals surface area contributed by atoms with E-state index in [4.69, 9.17) is 17.2 Å². The fourth-order valence-corrected chi connectivity index (χ4v) is 3.18. The van der Waals surface area contributed by atoms with Crippen molar-refractivity contribution in [2.45, 2.75) is 63.1 Å². The number of rotatable bonds is 18. The zero-order chi connectivity index (χ0) is 23.6. The molecule has 3 atom stereocenters. The lowest BCUT2D eigenvalue weighted by Gasteiger charge is -2.21. The predicted molar refractivity (Wildman–Crippen MR) is 121 cm³/mol. The van der Waals surface area contributed by atoms with Crippen molar-refractivity contribution in [1.82, 2.24) is 16.0 Å². The Labute approximate surface area is 188 Å². The van der Waals surface area contributed by atoms with E-state index >= 15 is 0 Å². The zero-order valence-electron chi connectivity index (χ0n) is 18.2. The molecule has 0 saturated heterocycles. The van der Waals surface area contributed by atoms with Crippen LogP contribution in [0, 0.1) is 0 Å². The quantitative estimate of drug-likeness (QED) is 0.118. The Morgan fingerprint density at radius 1 is 0.871 bits per heavy atom. The van der Waals surface area contributed by atoms with Gasteiger partial charge in [0.2, 0.25) is 17.7 Å². The van der Waals surface area contributed by atoms with E-state index in [1.165, 1.54) is 11.8 Å². The average Bonchev–Trinajstić information content (AvgIpc) is 2.74. The summed E-state index contributed by atoms with van der Waals surface area (Å²) < 4.78 is 0. The Morgan fingerprint density at radius 3 is 2.03 bits per heavy atom. The molecule has 0 fully saturated rings. The van der Waals surface area contributed by atoms with Crippen molar-refractivity contribution in [3.8, 4) is 0 Å². The lowest BCUT2D eigenvalue weighted by atomic mass is 10.1. The summed E-state index contributed by atoms with van der Waals surface area (Å²) in [7, 11) is 0. The van der Waals surface area contributed by atoms with Gasteiger partial charge < -0.3 is 38.3 Å². The summed E-state index contributed by atoms with van der Waals surface area (Å²) in [6, 6.07) is -2.70. The lowest BCUT2D eigenvalue weighted by Crippen LogP contribution is -2.53. The first-order chi connectivity index (χ1) is 14.8. The SMILES string of the molecule is CSCCC(NC(=O)CNC(=O)C(N)CCCCN)C(=O)NC(CCCCN)C(=O)O. The van der Waals surface area contributed by atoms with Crippen molar-refractivity contribution >= 4 is 35.5 Å². The molecule has 0 bridgehead atoms. The molecule has 0 aliphatic heterocycles. The Balaban J connectivity index is 4.73. The van der Waals surface area contributed by atoms with E-state index in [2.05, 4.69) is 16.0 Å². The molecule has 0 spiro atoms. The largest absolute Gasteiger partial charge is 0.480 e. The number of carbonyl (C=O) groups excluding carboxylic acids is 3. The fourth-order valence-electron chi connectivity index (χ4n) is 2.71. The maximum Gasteiger partial charge on any atom is 0.326 e. The summed E-state index contributed by atoms with van der Waals surface area (Å²) in [6.45, 7) is 0.631. The summed E-state index contributed by atoms with van der Waals surface area (Å²) in [5, 5.41) is 16.8. The van der Waals surface area contributed by atoms with Crippen LogP contribution in [0.25, 0.3) is 0 Å². The molecule has 180 valence electrons. The Kier molecular flexibility index (Phi) is 16.7. The molecule has 0 aromatic heterocycles.